The summed E-state index contributed by atoms with van der Waals surface area (Å²) >= 11 is 0. The summed E-state index contributed by atoms with van der Waals surface area (Å²) in [4.78, 5) is 4.28. The second-order valence-corrected chi connectivity index (χ2v) is 4.41. The van der Waals surface area contributed by atoms with Crippen molar-refractivity contribution in [3.05, 3.63) is 59.2 Å². The minimum atomic E-state index is -0.350. The monoisotopic (exact) mass is 260 g/mol. The van der Waals surface area contributed by atoms with Crippen LogP contribution in [0.15, 0.2) is 36.5 Å². The number of halogens is 1. The van der Waals surface area contributed by atoms with Crippen molar-refractivity contribution < 1.29 is 9.13 Å². The Kier molecular flexibility index (Phi) is 4.47. The van der Waals surface area contributed by atoms with Crippen molar-refractivity contribution in [1.29, 1.82) is 0 Å². The van der Waals surface area contributed by atoms with Gasteiger partial charge >= 0.3 is 0 Å². The first kappa shape index (κ1) is 13.5. The van der Waals surface area contributed by atoms with Crippen molar-refractivity contribution in [1.82, 2.24) is 10.3 Å². The molecule has 0 unspecified atom stereocenters. The highest BCUT2D eigenvalue weighted by Gasteiger charge is 2.04. The molecule has 1 aromatic heterocycles. The molecule has 100 valence electrons. The van der Waals surface area contributed by atoms with Gasteiger partial charge in [-0.25, -0.2) is 4.39 Å². The van der Waals surface area contributed by atoms with E-state index in [0.29, 0.717) is 0 Å². The van der Waals surface area contributed by atoms with Crippen LogP contribution in [0.3, 0.4) is 0 Å². The van der Waals surface area contributed by atoms with Crippen LogP contribution in [-0.4, -0.2) is 12.0 Å². The molecule has 3 nitrogen and oxygen atoms in total. The Labute approximate surface area is 112 Å². The van der Waals surface area contributed by atoms with E-state index in [1.165, 1.54) is 6.07 Å². The van der Waals surface area contributed by atoms with Gasteiger partial charge in [0.2, 0.25) is 0 Å². The van der Waals surface area contributed by atoms with Gasteiger partial charge in [-0.05, 0) is 43.3 Å². The Bertz CT molecular complexity index is 540. The minimum absolute atomic E-state index is 0.264. The fourth-order valence-electron chi connectivity index (χ4n) is 1.72. The van der Waals surface area contributed by atoms with Gasteiger partial charge in [0, 0.05) is 12.7 Å². The van der Waals surface area contributed by atoms with E-state index in [9.17, 15) is 4.39 Å². The van der Waals surface area contributed by atoms with Crippen LogP contribution in [0.4, 0.5) is 4.39 Å². The van der Waals surface area contributed by atoms with E-state index in [1.807, 2.05) is 26.1 Å². The summed E-state index contributed by atoms with van der Waals surface area (Å²) in [6.07, 6.45) is 1.79. The van der Waals surface area contributed by atoms with E-state index in [0.717, 1.165) is 23.4 Å². The lowest BCUT2D eigenvalue weighted by atomic mass is 10.2. The second-order valence-electron chi connectivity index (χ2n) is 4.41. The Balaban J connectivity index is 2.00. The van der Waals surface area contributed by atoms with Crippen molar-refractivity contribution >= 4 is 0 Å². The Morgan fingerprint density at radius 2 is 2.11 bits per heavy atom. The van der Waals surface area contributed by atoms with Crippen molar-refractivity contribution in [2.24, 2.45) is 0 Å². The molecule has 2 aromatic rings. The van der Waals surface area contributed by atoms with E-state index in [4.69, 9.17) is 4.74 Å². The van der Waals surface area contributed by atoms with E-state index >= 15 is 0 Å². The van der Waals surface area contributed by atoms with Crippen LogP contribution in [-0.2, 0) is 13.2 Å². The molecule has 0 fully saturated rings. The molecular formula is C15H17FN2O. The lowest BCUT2D eigenvalue weighted by Crippen LogP contribution is -2.06. The summed E-state index contributed by atoms with van der Waals surface area (Å²) in [5, 5.41) is 3.05. The van der Waals surface area contributed by atoms with Crippen LogP contribution in [0, 0.1) is 12.7 Å². The number of ether oxygens (including phenoxy) is 1. The SMILES string of the molecule is CNCc1ccc(COc2cc(C)ccc2F)nc1. The van der Waals surface area contributed by atoms with Gasteiger partial charge in [-0.2, -0.15) is 0 Å². The Morgan fingerprint density at radius 3 is 2.79 bits per heavy atom. The number of aromatic nitrogens is 1. The molecule has 1 heterocycles. The highest BCUT2D eigenvalue weighted by Crippen LogP contribution is 2.19. The number of nitrogens with zero attached hydrogens (tertiary/aromatic N) is 1. The summed E-state index contributed by atoms with van der Waals surface area (Å²) in [6, 6.07) is 8.68. The van der Waals surface area contributed by atoms with Crippen LogP contribution in [0.25, 0.3) is 0 Å². The summed E-state index contributed by atoms with van der Waals surface area (Å²) in [5.41, 5.74) is 2.85. The molecule has 1 N–H and O–H groups in total. The molecule has 0 aliphatic heterocycles. The maximum atomic E-state index is 13.5. The molecule has 1 aromatic carbocycles. The first-order chi connectivity index (χ1) is 9.19. The number of benzene rings is 1. The van der Waals surface area contributed by atoms with Crippen LogP contribution in [0.5, 0.6) is 5.75 Å². The molecule has 0 amide bonds. The normalized spacial score (nSPS) is 10.5. The molecule has 2 rings (SSSR count). The van der Waals surface area contributed by atoms with Crippen molar-refractivity contribution in [2.75, 3.05) is 7.05 Å². The summed E-state index contributed by atoms with van der Waals surface area (Å²) in [6.45, 7) is 2.94. The maximum absolute atomic E-state index is 13.5. The lowest BCUT2D eigenvalue weighted by molar-refractivity contribution is 0.285. The van der Waals surface area contributed by atoms with Gasteiger partial charge in [0.25, 0.3) is 0 Å². The topological polar surface area (TPSA) is 34.1 Å². The summed E-state index contributed by atoms with van der Waals surface area (Å²) < 4.78 is 18.9. The highest BCUT2D eigenvalue weighted by molar-refractivity contribution is 5.29. The lowest BCUT2D eigenvalue weighted by Gasteiger charge is -2.08. The molecule has 0 radical (unpaired) electrons. The van der Waals surface area contributed by atoms with Gasteiger partial charge in [0.15, 0.2) is 11.6 Å². The quantitative estimate of drug-likeness (QED) is 0.897. The molecular weight excluding hydrogens is 243 g/mol. The Morgan fingerprint density at radius 1 is 1.26 bits per heavy atom. The van der Waals surface area contributed by atoms with Crippen molar-refractivity contribution in [2.45, 2.75) is 20.1 Å². The number of nitrogens with one attached hydrogen (secondary N) is 1. The van der Waals surface area contributed by atoms with Gasteiger partial charge in [-0.1, -0.05) is 12.1 Å². The van der Waals surface area contributed by atoms with E-state index in [-0.39, 0.29) is 18.2 Å². The summed E-state index contributed by atoms with van der Waals surface area (Å²) in [5.74, 6) is -0.0847. The molecule has 0 spiro atoms. The van der Waals surface area contributed by atoms with Gasteiger partial charge in [0.1, 0.15) is 6.61 Å². The van der Waals surface area contributed by atoms with E-state index in [2.05, 4.69) is 10.3 Å². The molecule has 19 heavy (non-hydrogen) atoms. The highest BCUT2D eigenvalue weighted by atomic mass is 19.1. The first-order valence-corrected chi connectivity index (χ1v) is 6.16. The predicted molar refractivity (Wildman–Crippen MR) is 72.5 cm³/mol. The van der Waals surface area contributed by atoms with Crippen molar-refractivity contribution in [3.63, 3.8) is 0 Å². The second kappa shape index (κ2) is 6.29. The third-order valence-electron chi connectivity index (χ3n) is 2.73. The zero-order valence-corrected chi connectivity index (χ0v) is 11.1. The van der Waals surface area contributed by atoms with Crippen LogP contribution >= 0.6 is 0 Å². The standard InChI is InChI=1S/C15H17FN2O/c1-11-3-6-14(16)15(7-11)19-10-13-5-4-12(8-17-2)9-18-13/h3-7,9,17H,8,10H2,1-2H3. The number of aryl methyl sites for hydroxylation is 1. The number of hydrogen-bond acceptors (Lipinski definition) is 3. The number of rotatable bonds is 5. The fourth-order valence-corrected chi connectivity index (χ4v) is 1.72. The zero-order valence-electron chi connectivity index (χ0n) is 11.1. The van der Waals surface area contributed by atoms with Crippen LogP contribution < -0.4 is 10.1 Å². The van der Waals surface area contributed by atoms with Crippen LogP contribution in [0.2, 0.25) is 0 Å². The first-order valence-electron chi connectivity index (χ1n) is 6.16. The number of pyridine rings is 1. The average Bonchev–Trinajstić information content (AvgIpc) is 2.42. The molecule has 0 bridgehead atoms. The largest absolute Gasteiger partial charge is 0.484 e. The third kappa shape index (κ3) is 3.76. The molecule has 0 atom stereocenters. The average molecular weight is 260 g/mol. The summed E-state index contributed by atoms with van der Waals surface area (Å²) in [7, 11) is 1.89. The predicted octanol–water partition coefficient (Wildman–Crippen LogP) is 2.83. The van der Waals surface area contributed by atoms with Gasteiger partial charge < -0.3 is 10.1 Å². The zero-order chi connectivity index (χ0) is 13.7. The maximum Gasteiger partial charge on any atom is 0.165 e. The molecule has 0 aliphatic carbocycles. The Hall–Kier alpha value is -1.94. The molecule has 0 saturated carbocycles. The van der Waals surface area contributed by atoms with Crippen molar-refractivity contribution in [3.8, 4) is 5.75 Å². The van der Waals surface area contributed by atoms with Crippen LogP contribution in [0.1, 0.15) is 16.8 Å². The molecule has 4 heteroatoms. The van der Waals surface area contributed by atoms with Gasteiger partial charge in [-0.3, -0.25) is 4.98 Å². The molecule has 0 aliphatic rings. The smallest absolute Gasteiger partial charge is 0.165 e. The number of hydrogen-bond donors (Lipinski definition) is 1. The van der Waals surface area contributed by atoms with Gasteiger partial charge in [-0.15, -0.1) is 0 Å². The van der Waals surface area contributed by atoms with E-state index in [1.54, 1.807) is 18.3 Å². The fraction of sp³-hybridized carbons (Fsp3) is 0.267. The third-order valence-corrected chi connectivity index (χ3v) is 2.73. The van der Waals surface area contributed by atoms with Gasteiger partial charge in [0.05, 0.1) is 5.69 Å². The molecule has 0 saturated heterocycles. The minimum Gasteiger partial charge on any atom is -0.484 e. The van der Waals surface area contributed by atoms with E-state index < -0.39 is 0 Å².